The number of hydrogen-bond acceptors (Lipinski definition) is 4. The second-order valence-corrected chi connectivity index (χ2v) is 6.54. The molecule has 7 nitrogen and oxygen atoms in total. The molecule has 0 aromatic heterocycles. The highest BCUT2D eigenvalue weighted by atomic mass is 16.2. The van der Waals surface area contributed by atoms with E-state index in [0.717, 1.165) is 25.7 Å². The van der Waals surface area contributed by atoms with Gasteiger partial charge in [0, 0.05) is 6.04 Å². The number of nitrogens with zero attached hydrogens (tertiary/aromatic N) is 1. The highest BCUT2D eigenvalue weighted by Crippen LogP contribution is 2.25. The van der Waals surface area contributed by atoms with Crippen LogP contribution in [-0.4, -0.2) is 53.8 Å². The van der Waals surface area contributed by atoms with Crippen molar-refractivity contribution in [2.75, 3.05) is 13.1 Å². The summed E-state index contributed by atoms with van der Waals surface area (Å²) in [5, 5.41) is 5.55. The molecule has 0 radical (unpaired) electrons. The van der Waals surface area contributed by atoms with Crippen LogP contribution < -0.4 is 16.4 Å². The van der Waals surface area contributed by atoms with Gasteiger partial charge in [0.1, 0.15) is 0 Å². The van der Waals surface area contributed by atoms with Crippen LogP contribution in [0.15, 0.2) is 0 Å². The molecule has 3 amide bonds. The van der Waals surface area contributed by atoms with Crippen LogP contribution in [0.3, 0.4) is 0 Å². The van der Waals surface area contributed by atoms with E-state index in [0.29, 0.717) is 0 Å². The van der Waals surface area contributed by atoms with Gasteiger partial charge >= 0.3 is 0 Å². The predicted octanol–water partition coefficient (Wildman–Crippen LogP) is -0.644. The summed E-state index contributed by atoms with van der Waals surface area (Å²) in [4.78, 5) is 37.6. The minimum absolute atomic E-state index is 0.0126. The van der Waals surface area contributed by atoms with E-state index >= 15 is 0 Å². The number of carbonyl (C=O) groups is 3. The van der Waals surface area contributed by atoms with Gasteiger partial charge in [0.25, 0.3) is 0 Å². The van der Waals surface area contributed by atoms with Gasteiger partial charge in [-0.15, -0.1) is 0 Å². The Morgan fingerprint density at radius 2 is 2.05 bits per heavy atom. The van der Waals surface area contributed by atoms with Crippen molar-refractivity contribution in [1.29, 1.82) is 0 Å². The molecule has 1 aliphatic carbocycles. The van der Waals surface area contributed by atoms with Crippen LogP contribution in [0.25, 0.3) is 0 Å². The first-order chi connectivity index (χ1) is 10.4. The largest absolute Gasteiger partial charge is 0.350 e. The van der Waals surface area contributed by atoms with Gasteiger partial charge in [0.05, 0.1) is 25.2 Å². The van der Waals surface area contributed by atoms with Gasteiger partial charge in [-0.05, 0) is 18.8 Å². The average Bonchev–Trinajstić information content (AvgIpc) is 2.50. The van der Waals surface area contributed by atoms with Crippen LogP contribution in [0, 0.1) is 5.92 Å². The molecule has 124 valence electrons. The van der Waals surface area contributed by atoms with Crippen LogP contribution in [-0.2, 0) is 14.4 Å². The third-order valence-corrected chi connectivity index (χ3v) is 4.55. The number of amides is 3. The number of rotatable bonds is 4. The van der Waals surface area contributed by atoms with Crippen molar-refractivity contribution in [2.24, 2.45) is 11.7 Å². The average molecular weight is 310 g/mol. The molecule has 2 rings (SSSR count). The molecule has 2 aliphatic rings. The normalized spacial score (nSPS) is 26.2. The van der Waals surface area contributed by atoms with Crippen molar-refractivity contribution in [3.63, 3.8) is 0 Å². The van der Waals surface area contributed by atoms with Crippen LogP contribution in [0.1, 0.15) is 39.5 Å². The fraction of sp³-hybridized carbons (Fsp3) is 0.800. The van der Waals surface area contributed by atoms with Gasteiger partial charge in [0.2, 0.25) is 17.7 Å². The molecular weight excluding hydrogens is 284 g/mol. The van der Waals surface area contributed by atoms with Gasteiger partial charge in [-0.2, -0.15) is 0 Å². The molecule has 1 heterocycles. The first-order valence-electron chi connectivity index (χ1n) is 8.02. The van der Waals surface area contributed by atoms with E-state index in [9.17, 15) is 14.4 Å². The summed E-state index contributed by atoms with van der Waals surface area (Å²) >= 11 is 0. The van der Waals surface area contributed by atoms with Crippen molar-refractivity contribution in [2.45, 2.75) is 57.7 Å². The lowest BCUT2D eigenvalue weighted by molar-refractivity contribution is -0.144. The van der Waals surface area contributed by atoms with Crippen LogP contribution in [0.4, 0.5) is 0 Å². The SMILES string of the molecule is CC(C)[C@H](N)C(=O)NCC(=O)N1CC(=O)NC2CCCCC21. The topological polar surface area (TPSA) is 105 Å². The van der Waals surface area contributed by atoms with E-state index < -0.39 is 6.04 Å². The zero-order valence-corrected chi connectivity index (χ0v) is 13.3. The molecule has 3 atom stereocenters. The number of fused-ring (bicyclic) bond motifs is 1. The molecule has 0 bridgehead atoms. The predicted molar refractivity (Wildman–Crippen MR) is 81.7 cm³/mol. The maximum Gasteiger partial charge on any atom is 0.242 e. The quantitative estimate of drug-likeness (QED) is 0.642. The van der Waals surface area contributed by atoms with Gasteiger partial charge < -0.3 is 21.3 Å². The molecule has 1 aliphatic heterocycles. The number of nitrogens with one attached hydrogen (secondary N) is 2. The molecule has 2 fully saturated rings. The highest BCUT2D eigenvalue weighted by molar-refractivity contribution is 5.90. The molecule has 22 heavy (non-hydrogen) atoms. The van der Waals surface area contributed by atoms with Crippen LogP contribution in [0.5, 0.6) is 0 Å². The zero-order valence-electron chi connectivity index (χ0n) is 13.3. The monoisotopic (exact) mass is 310 g/mol. The Hall–Kier alpha value is -1.63. The van der Waals surface area contributed by atoms with Crippen molar-refractivity contribution >= 4 is 17.7 Å². The number of piperazine rings is 1. The molecule has 0 aromatic carbocycles. The standard InChI is InChI=1S/C15H26N4O3/c1-9(2)14(16)15(22)17-7-13(21)19-8-12(20)18-10-5-3-4-6-11(10)19/h9-11,14H,3-8,16H2,1-2H3,(H,17,22)(H,18,20)/t10?,11?,14-/m0/s1. The van der Waals surface area contributed by atoms with E-state index in [1.54, 1.807) is 4.90 Å². The molecule has 1 saturated carbocycles. The van der Waals surface area contributed by atoms with Gasteiger partial charge in [-0.1, -0.05) is 26.7 Å². The number of hydrogen-bond donors (Lipinski definition) is 3. The minimum atomic E-state index is -0.625. The van der Waals surface area contributed by atoms with E-state index in [4.69, 9.17) is 5.73 Å². The first-order valence-corrected chi connectivity index (χ1v) is 8.02. The van der Waals surface area contributed by atoms with Crippen molar-refractivity contribution in [1.82, 2.24) is 15.5 Å². The van der Waals surface area contributed by atoms with E-state index in [2.05, 4.69) is 10.6 Å². The lowest BCUT2D eigenvalue weighted by Crippen LogP contribution is -2.64. The Morgan fingerprint density at radius 1 is 1.36 bits per heavy atom. The van der Waals surface area contributed by atoms with Gasteiger partial charge in [-0.25, -0.2) is 0 Å². The van der Waals surface area contributed by atoms with Gasteiger partial charge in [0.15, 0.2) is 0 Å². The number of nitrogens with two attached hydrogens (primary N) is 1. The van der Waals surface area contributed by atoms with E-state index in [1.807, 2.05) is 13.8 Å². The summed E-state index contributed by atoms with van der Waals surface area (Å²) in [5.74, 6) is -0.652. The Bertz CT molecular complexity index is 452. The van der Waals surface area contributed by atoms with E-state index in [1.165, 1.54) is 0 Å². The molecule has 2 unspecified atom stereocenters. The van der Waals surface area contributed by atoms with Crippen molar-refractivity contribution in [3.8, 4) is 0 Å². The Labute approximate surface area is 131 Å². The second-order valence-electron chi connectivity index (χ2n) is 6.54. The fourth-order valence-electron chi connectivity index (χ4n) is 3.14. The van der Waals surface area contributed by atoms with Crippen LogP contribution >= 0.6 is 0 Å². The Kier molecular flexibility index (Phi) is 5.39. The molecular formula is C15H26N4O3. The summed E-state index contributed by atoms with van der Waals surface area (Å²) in [7, 11) is 0. The lowest BCUT2D eigenvalue weighted by atomic mass is 9.87. The lowest BCUT2D eigenvalue weighted by Gasteiger charge is -2.44. The van der Waals surface area contributed by atoms with Crippen molar-refractivity contribution < 1.29 is 14.4 Å². The fourth-order valence-corrected chi connectivity index (χ4v) is 3.14. The molecule has 4 N–H and O–H groups in total. The molecule has 0 spiro atoms. The van der Waals surface area contributed by atoms with Crippen molar-refractivity contribution in [3.05, 3.63) is 0 Å². The summed E-state index contributed by atoms with van der Waals surface area (Å²) < 4.78 is 0. The summed E-state index contributed by atoms with van der Waals surface area (Å²) in [6.07, 6.45) is 3.94. The summed E-state index contributed by atoms with van der Waals surface area (Å²) in [6, 6.07) is -0.526. The smallest absolute Gasteiger partial charge is 0.242 e. The minimum Gasteiger partial charge on any atom is -0.350 e. The molecule has 0 aromatic rings. The Morgan fingerprint density at radius 3 is 2.73 bits per heavy atom. The number of carbonyl (C=O) groups excluding carboxylic acids is 3. The zero-order chi connectivity index (χ0) is 16.3. The first kappa shape index (κ1) is 16.7. The van der Waals surface area contributed by atoms with E-state index in [-0.39, 0.29) is 48.8 Å². The third-order valence-electron chi connectivity index (χ3n) is 4.55. The maximum absolute atomic E-state index is 12.4. The third kappa shape index (κ3) is 3.76. The summed E-state index contributed by atoms with van der Waals surface area (Å²) in [5.41, 5.74) is 5.75. The van der Waals surface area contributed by atoms with Crippen LogP contribution in [0.2, 0.25) is 0 Å². The van der Waals surface area contributed by atoms with Gasteiger partial charge in [-0.3, -0.25) is 14.4 Å². The molecule has 1 saturated heterocycles. The summed E-state index contributed by atoms with van der Waals surface area (Å²) in [6.45, 7) is 3.68. The maximum atomic E-state index is 12.4. The Balaban J connectivity index is 1.93. The highest BCUT2D eigenvalue weighted by Gasteiger charge is 2.38. The second kappa shape index (κ2) is 7.09. The molecule has 7 heteroatoms.